The van der Waals surface area contributed by atoms with Crippen LogP contribution >= 0.6 is 0 Å². The highest BCUT2D eigenvalue weighted by Gasteiger charge is 2.26. The molecular formula is C40H49FO7. The summed E-state index contributed by atoms with van der Waals surface area (Å²) in [6.07, 6.45) is 4.02. The average Bonchev–Trinajstić information content (AvgIpc) is 3.09. The van der Waals surface area contributed by atoms with E-state index in [2.05, 4.69) is 19.2 Å². The van der Waals surface area contributed by atoms with E-state index in [0.29, 0.717) is 60.8 Å². The van der Waals surface area contributed by atoms with Crippen molar-refractivity contribution < 1.29 is 38.4 Å². The van der Waals surface area contributed by atoms with Crippen LogP contribution in [0.4, 0.5) is 4.39 Å². The van der Waals surface area contributed by atoms with Gasteiger partial charge in [0.05, 0.1) is 19.8 Å². The Balaban J connectivity index is 1.91. The van der Waals surface area contributed by atoms with Crippen molar-refractivity contribution in [1.82, 2.24) is 0 Å². The van der Waals surface area contributed by atoms with Gasteiger partial charge in [-0.2, -0.15) is 0 Å². The van der Waals surface area contributed by atoms with Crippen LogP contribution in [0, 0.1) is 11.2 Å². The first-order valence-corrected chi connectivity index (χ1v) is 16.5. The Morgan fingerprint density at radius 2 is 1.35 bits per heavy atom. The lowest BCUT2D eigenvalue weighted by atomic mass is 9.81. The van der Waals surface area contributed by atoms with E-state index in [4.69, 9.17) is 14.2 Å². The first-order chi connectivity index (χ1) is 23.0. The zero-order chi connectivity index (χ0) is 35.3. The normalized spacial score (nSPS) is 11.2. The SMILES string of the molecule is C=C(C)C(=O)OCCCc1ccc(-c2ccc(-c3ccc(CCC(CC)(CO)CO)cc3CC)c(OCCOC(=O)C(=C)C)c2F)cc1. The Morgan fingerprint density at radius 3 is 1.94 bits per heavy atom. The van der Waals surface area contributed by atoms with Crippen molar-refractivity contribution in [2.45, 2.75) is 66.2 Å². The lowest BCUT2D eigenvalue weighted by Gasteiger charge is -2.28. The van der Waals surface area contributed by atoms with E-state index in [1.54, 1.807) is 19.9 Å². The summed E-state index contributed by atoms with van der Waals surface area (Å²) in [6, 6.07) is 17.2. The van der Waals surface area contributed by atoms with Crippen LogP contribution < -0.4 is 4.74 Å². The van der Waals surface area contributed by atoms with Crippen molar-refractivity contribution in [3.05, 3.63) is 101 Å². The minimum atomic E-state index is -0.541. The summed E-state index contributed by atoms with van der Waals surface area (Å²) in [7, 11) is 0. The number of hydrogen-bond acceptors (Lipinski definition) is 7. The Bertz CT molecular complexity index is 1560. The first-order valence-electron chi connectivity index (χ1n) is 16.5. The third kappa shape index (κ3) is 10.1. The molecule has 0 bridgehead atoms. The fourth-order valence-electron chi connectivity index (χ4n) is 5.32. The van der Waals surface area contributed by atoms with Gasteiger partial charge in [-0.1, -0.05) is 75.5 Å². The monoisotopic (exact) mass is 660 g/mol. The second-order valence-electron chi connectivity index (χ2n) is 12.3. The van der Waals surface area contributed by atoms with E-state index >= 15 is 4.39 Å². The van der Waals surface area contributed by atoms with Crippen LogP contribution in [0.15, 0.2) is 78.9 Å². The Labute approximate surface area is 284 Å². The van der Waals surface area contributed by atoms with Gasteiger partial charge in [-0.3, -0.25) is 0 Å². The van der Waals surface area contributed by atoms with Gasteiger partial charge in [0.15, 0.2) is 11.6 Å². The van der Waals surface area contributed by atoms with Crippen LogP contribution in [0.1, 0.15) is 63.6 Å². The smallest absolute Gasteiger partial charge is 0.333 e. The molecule has 0 atom stereocenters. The summed E-state index contributed by atoms with van der Waals surface area (Å²) in [4.78, 5) is 23.5. The van der Waals surface area contributed by atoms with Crippen LogP contribution in [0.25, 0.3) is 22.3 Å². The van der Waals surface area contributed by atoms with Gasteiger partial charge in [-0.05, 0) is 86.3 Å². The molecule has 0 aliphatic carbocycles. The van der Waals surface area contributed by atoms with Gasteiger partial charge in [0.1, 0.15) is 13.2 Å². The summed E-state index contributed by atoms with van der Waals surface area (Å²) >= 11 is 0. The largest absolute Gasteiger partial charge is 0.486 e. The van der Waals surface area contributed by atoms with Gasteiger partial charge in [0.25, 0.3) is 0 Å². The lowest BCUT2D eigenvalue weighted by Crippen LogP contribution is -2.29. The predicted octanol–water partition coefficient (Wildman–Crippen LogP) is 7.59. The Hall–Kier alpha value is -4.27. The van der Waals surface area contributed by atoms with Crippen molar-refractivity contribution in [2.24, 2.45) is 5.41 Å². The van der Waals surface area contributed by atoms with Crippen molar-refractivity contribution in [3.63, 3.8) is 0 Å². The molecule has 3 aromatic rings. The molecule has 3 rings (SSSR count). The first kappa shape index (κ1) is 38.2. The summed E-state index contributed by atoms with van der Waals surface area (Å²) in [5.74, 6) is -1.41. The second kappa shape index (κ2) is 18.3. The molecule has 2 N–H and O–H groups in total. The van der Waals surface area contributed by atoms with Gasteiger partial charge >= 0.3 is 11.9 Å². The number of carbonyl (C=O) groups excluding carboxylic acids is 2. The van der Waals surface area contributed by atoms with Crippen LogP contribution in [0.3, 0.4) is 0 Å². The molecule has 7 nitrogen and oxygen atoms in total. The topological polar surface area (TPSA) is 102 Å². The van der Waals surface area contributed by atoms with Gasteiger partial charge in [0, 0.05) is 27.7 Å². The maximum atomic E-state index is 16.4. The van der Waals surface area contributed by atoms with Crippen LogP contribution in [-0.2, 0) is 38.3 Å². The van der Waals surface area contributed by atoms with Crippen molar-refractivity contribution in [3.8, 4) is 28.0 Å². The van der Waals surface area contributed by atoms with Gasteiger partial charge < -0.3 is 24.4 Å². The fourth-order valence-corrected chi connectivity index (χ4v) is 5.32. The molecule has 0 fully saturated rings. The molecule has 0 saturated carbocycles. The number of hydrogen-bond donors (Lipinski definition) is 2. The summed E-state index contributed by atoms with van der Waals surface area (Å²) in [6.45, 7) is 14.3. The number of aryl methyl sites for hydroxylation is 3. The summed E-state index contributed by atoms with van der Waals surface area (Å²) < 4.78 is 32.8. The van der Waals surface area contributed by atoms with E-state index < -0.39 is 23.2 Å². The number of aliphatic hydroxyl groups excluding tert-OH is 2. The zero-order valence-corrected chi connectivity index (χ0v) is 28.7. The van der Waals surface area contributed by atoms with E-state index in [1.807, 2.05) is 56.3 Å². The van der Waals surface area contributed by atoms with Crippen molar-refractivity contribution in [2.75, 3.05) is 33.0 Å². The molecule has 0 unspecified atom stereocenters. The molecular weight excluding hydrogens is 611 g/mol. The Kier molecular flexibility index (Phi) is 14.6. The molecule has 0 radical (unpaired) electrons. The molecule has 0 saturated heterocycles. The van der Waals surface area contributed by atoms with Crippen LogP contribution in [0.2, 0.25) is 0 Å². The van der Waals surface area contributed by atoms with Crippen LogP contribution in [0.5, 0.6) is 5.75 Å². The van der Waals surface area contributed by atoms with E-state index in [-0.39, 0.29) is 44.4 Å². The Morgan fingerprint density at radius 1 is 0.771 bits per heavy atom. The van der Waals surface area contributed by atoms with E-state index in [9.17, 15) is 19.8 Å². The number of esters is 2. The molecule has 0 aromatic heterocycles. The molecule has 3 aromatic carbocycles. The fraction of sp³-hybridized carbons (Fsp3) is 0.400. The summed E-state index contributed by atoms with van der Waals surface area (Å²) in [5, 5.41) is 19.8. The molecule has 0 heterocycles. The van der Waals surface area contributed by atoms with Gasteiger partial charge in [-0.25, -0.2) is 14.0 Å². The lowest BCUT2D eigenvalue weighted by molar-refractivity contribution is -0.140. The van der Waals surface area contributed by atoms with Crippen molar-refractivity contribution >= 4 is 11.9 Å². The minimum Gasteiger partial charge on any atom is -0.486 e. The van der Waals surface area contributed by atoms with Gasteiger partial charge in [0.2, 0.25) is 0 Å². The van der Waals surface area contributed by atoms with Crippen molar-refractivity contribution in [1.29, 1.82) is 0 Å². The van der Waals surface area contributed by atoms with Gasteiger partial charge in [-0.15, -0.1) is 0 Å². The standard InChI is InChI=1S/C40H49FO7/c1-7-31-24-30(19-20-40(8-2,25-42)26-43)13-16-33(31)35-18-17-34(36(41)37(35)46-22-23-48-39(45)28(5)6)32-14-11-29(12-15-32)10-9-21-47-38(44)27(3)4/h11-18,24,42-43H,3,5,7-10,19-23,25-26H2,1-2,4,6H3. The number of carbonyl (C=O) groups is 2. The third-order valence-corrected chi connectivity index (χ3v) is 8.67. The number of rotatable bonds is 19. The number of aliphatic hydroxyl groups is 2. The molecule has 8 heteroatoms. The maximum Gasteiger partial charge on any atom is 0.333 e. The molecule has 0 aliphatic heterocycles. The highest BCUT2D eigenvalue weighted by atomic mass is 19.1. The number of halogens is 1. The zero-order valence-electron chi connectivity index (χ0n) is 28.7. The summed E-state index contributed by atoms with van der Waals surface area (Å²) in [5.41, 5.74) is 5.65. The quantitative estimate of drug-likeness (QED) is 0.0776. The minimum absolute atomic E-state index is 0.0533. The molecule has 0 spiro atoms. The van der Waals surface area contributed by atoms with Crippen LogP contribution in [-0.4, -0.2) is 55.2 Å². The third-order valence-electron chi connectivity index (χ3n) is 8.67. The average molecular weight is 661 g/mol. The maximum absolute atomic E-state index is 16.4. The number of ether oxygens (including phenoxy) is 3. The molecule has 258 valence electrons. The molecule has 0 amide bonds. The predicted molar refractivity (Wildman–Crippen MR) is 187 cm³/mol. The number of benzene rings is 3. The van der Waals surface area contributed by atoms with E-state index in [1.165, 1.54) is 0 Å². The van der Waals surface area contributed by atoms with E-state index in [0.717, 1.165) is 22.3 Å². The highest BCUT2D eigenvalue weighted by Crippen LogP contribution is 2.40. The molecule has 0 aliphatic rings. The molecule has 48 heavy (non-hydrogen) atoms. The highest BCUT2D eigenvalue weighted by molar-refractivity contribution is 5.87. The second-order valence-corrected chi connectivity index (χ2v) is 12.3.